The van der Waals surface area contributed by atoms with Gasteiger partial charge in [0.05, 0.1) is 0 Å². The molecule has 0 amide bonds. The molecule has 3 heterocycles. The molecule has 2 aromatic heterocycles. The van der Waals surface area contributed by atoms with Crippen molar-refractivity contribution in [2.45, 2.75) is 25.8 Å². The average Bonchev–Trinajstić information content (AvgIpc) is 2.50. The van der Waals surface area contributed by atoms with Crippen LogP contribution < -0.4 is 15.8 Å². The van der Waals surface area contributed by atoms with Crippen LogP contribution in [0.25, 0.3) is 0 Å². The molecule has 1 N–H and O–H groups in total. The Kier molecular flexibility index (Phi) is 4.04. The van der Waals surface area contributed by atoms with E-state index in [-0.39, 0.29) is 11.6 Å². The van der Waals surface area contributed by atoms with E-state index in [1.807, 2.05) is 17.9 Å². The molecule has 1 unspecified atom stereocenters. The molecule has 1 aliphatic rings. The van der Waals surface area contributed by atoms with Crippen LogP contribution in [-0.4, -0.2) is 38.7 Å². The van der Waals surface area contributed by atoms with Gasteiger partial charge in [0.1, 0.15) is 0 Å². The topological polar surface area (TPSA) is 75.9 Å². The van der Waals surface area contributed by atoms with Crippen LogP contribution in [0.1, 0.15) is 18.5 Å². The largest absolute Gasteiger partial charge is 0.350 e. The molecular formula is C15H20N6O. The van der Waals surface area contributed by atoms with Crippen LogP contribution in [0, 0.1) is 6.92 Å². The standard InChI is InChI=1S/C15H20N6O/c1-11-5-6-17-15(18-11)19-12-4-3-8-21(10-12)13-14(22)20(2)9-7-16-13/h5-7,9,12H,3-4,8,10H2,1-2H3,(H,17,18,19). The van der Waals surface area contributed by atoms with Gasteiger partial charge in [-0.25, -0.2) is 15.0 Å². The number of hydrogen-bond acceptors (Lipinski definition) is 6. The first-order valence-electron chi connectivity index (χ1n) is 7.46. The van der Waals surface area contributed by atoms with Crippen molar-refractivity contribution in [2.75, 3.05) is 23.3 Å². The molecule has 0 spiro atoms. The fourth-order valence-electron chi connectivity index (χ4n) is 2.69. The minimum Gasteiger partial charge on any atom is -0.350 e. The molecular weight excluding hydrogens is 280 g/mol. The lowest BCUT2D eigenvalue weighted by Crippen LogP contribution is -2.45. The number of piperidine rings is 1. The van der Waals surface area contributed by atoms with Crippen molar-refractivity contribution in [3.63, 3.8) is 0 Å². The fourth-order valence-corrected chi connectivity index (χ4v) is 2.69. The van der Waals surface area contributed by atoms with E-state index in [0.717, 1.165) is 31.6 Å². The maximum absolute atomic E-state index is 12.2. The minimum absolute atomic E-state index is 0.0602. The molecule has 2 aromatic rings. The number of rotatable bonds is 3. The van der Waals surface area contributed by atoms with Crippen LogP contribution in [0.3, 0.4) is 0 Å². The van der Waals surface area contributed by atoms with E-state index in [9.17, 15) is 4.79 Å². The van der Waals surface area contributed by atoms with Crippen LogP contribution in [0.2, 0.25) is 0 Å². The molecule has 22 heavy (non-hydrogen) atoms. The monoisotopic (exact) mass is 300 g/mol. The van der Waals surface area contributed by atoms with E-state index < -0.39 is 0 Å². The Bertz CT molecular complexity index is 713. The molecule has 7 heteroatoms. The summed E-state index contributed by atoms with van der Waals surface area (Å²) in [6.07, 6.45) is 7.12. The van der Waals surface area contributed by atoms with Gasteiger partial charge in [-0.15, -0.1) is 0 Å². The Balaban J connectivity index is 1.74. The molecule has 1 aliphatic heterocycles. The summed E-state index contributed by atoms with van der Waals surface area (Å²) >= 11 is 0. The molecule has 1 saturated heterocycles. The maximum atomic E-state index is 12.2. The number of nitrogens with one attached hydrogen (secondary N) is 1. The first-order valence-corrected chi connectivity index (χ1v) is 7.46. The molecule has 116 valence electrons. The molecule has 1 atom stereocenters. The summed E-state index contributed by atoms with van der Waals surface area (Å²) in [6, 6.07) is 2.08. The molecule has 0 aromatic carbocycles. The molecule has 0 aliphatic carbocycles. The lowest BCUT2D eigenvalue weighted by Gasteiger charge is -2.33. The third kappa shape index (κ3) is 3.08. The second-order valence-corrected chi connectivity index (χ2v) is 5.62. The van der Waals surface area contributed by atoms with Crippen LogP contribution in [0.5, 0.6) is 0 Å². The maximum Gasteiger partial charge on any atom is 0.293 e. The molecule has 3 rings (SSSR count). The van der Waals surface area contributed by atoms with Gasteiger partial charge >= 0.3 is 0 Å². The van der Waals surface area contributed by atoms with Crippen LogP contribution in [0.15, 0.2) is 29.5 Å². The van der Waals surface area contributed by atoms with Gasteiger partial charge in [-0.1, -0.05) is 0 Å². The van der Waals surface area contributed by atoms with Gasteiger partial charge in [0.15, 0.2) is 5.82 Å². The zero-order chi connectivity index (χ0) is 15.5. The Morgan fingerprint density at radius 3 is 3.00 bits per heavy atom. The minimum atomic E-state index is -0.0602. The third-order valence-corrected chi connectivity index (χ3v) is 3.85. The van der Waals surface area contributed by atoms with E-state index in [4.69, 9.17) is 0 Å². The third-order valence-electron chi connectivity index (χ3n) is 3.85. The smallest absolute Gasteiger partial charge is 0.293 e. The van der Waals surface area contributed by atoms with E-state index in [1.165, 1.54) is 0 Å². The second kappa shape index (κ2) is 6.13. The highest BCUT2D eigenvalue weighted by atomic mass is 16.1. The number of hydrogen-bond donors (Lipinski definition) is 1. The molecule has 0 radical (unpaired) electrons. The van der Waals surface area contributed by atoms with E-state index in [2.05, 4.69) is 20.3 Å². The first-order chi connectivity index (χ1) is 10.6. The Morgan fingerprint density at radius 2 is 2.18 bits per heavy atom. The van der Waals surface area contributed by atoms with Crippen molar-refractivity contribution >= 4 is 11.8 Å². The Morgan fingerprint density at radius 1 is 1.32 bits per heavy atom. The van der Waals surface area contributed by atoms with E-state index >= 15 is 0 Å². The van der Waals surface area contributed by atoms with Crippen molar-refractivity contribution in [1.29, 1.82) is 0 Å². The fraction of sp³-hybridized carbons (Fsp3) is 0.467. The first kappa shape index (κ1) is 14.5. The predicted molar refractivity (Wildman–Crippen MR) is 85.1 cm³/mol. The molecule has 7 nitrogen and oxygen atoms in total. The van der Waals surface area contributed by atoms with Gasteiger partial charge in [-0.2, -0.15) is 0 Å². The predicted octanol–water partition coefficient (Wildman–Crippen LogP) is 0.960. The highest BCUT2D eigenvalue weighted by Gasteiger charge is 2.23. The van der Waals surface area contributed by atoms with E-state index in [1.54, 1.807) is 30.2 Å². The quantitative estimate of drug-likeness (QED) is 0.910. The Hall–Kier alpha value is -2.44. The van der Waals surface area contributed by atoms with Crippen molar-refractivity contribution in [2.24, 2.45) is 7.05 Å². The summed E-state index contributed by atoms with van der Waals surface area (Å²) in [7, 11) is 1.74. The number of anilines is 2. The van der Waals surface area contributed by atoms with Gasteiger partial charge in [-0.3, -0.25) is 4.79 Å². The van der Waals surface area contributed by atoms with Crippen LogP contribution >= 0.6 is 0 Å². The molecule has 0 saturated carbocycles. The van der Waals surface area contributed by atoms with Gasteiger partial charge < -0.3 is 14.8 Å². The van der Waals surface area contributed by atoms with Crippen molar-refractivity contribution in [3.8, 4) is 0 Å². The van der Waals surface area contributed by atoms with Crippen molar-refractivity contribution < 1.29 is 0 Å². The highest BCUT2D eigenvalue weighted by Crippen LogP contribution is 2.17. The zero-order valence-electron chi connectivity index (χ0n) is 12.9. The second-order valence-electron chi connectivity index (χ2n) is 5.62. The summed E-state index contributed by atoms with van der Waals surface area (Å²) in [5.74, 6) is 1.16. The van der Waals surface area contributed by atoms with Crippen molar-refractivity contribution in [3.05, 3.63) is 40.7 Å². The lowest BCUT2D eigenvalue weighted by molar-refractivity contribution is 0.521. The highest BCUT2D eigenvalue weighted by molar-refractivity contribution is 5.38. The number of nitrogens with zero attached hydrogens (tertiary/aromatic N) is 5. The van der Waals surface area contributed by atoms with Gasteiger partial charge in [0.25, 0.3) is 5.56 Å². The van der Waals surface area contributed by atoms with Crippen LogP contribution in [0.4, 0.5) is 11.8 Å². The van der Waals surface area contributed by atoms with Gasteiger partial charge in [-0.05, 0) is 25.8 Å². The Labute approximate surface area is 129 Å². The summed E-state index contributed by atoms with van der Waals surface area (Å²) in [6.45, 7) is 3.51. The summed E-state index contributed by atoms with van der Waals surface area (Å²) in [4.78, 5) is 27.1. The summed E-state index contributed by atoms with van der Waals surface area (Å²) < 4.78 is 1.56. The summed E-state index contributed by atoms with van der Waals surface area (Å²) in [5.41, 5.74) is 0.874. The SMILES string of the molecule is Cc1ccnc(NC2CCCN(c3nccn(C)c3=O)C2)n1. The van der Waals surface area contributed by atoms with Crippen molar-refractivity contribution in [1.82, 2.24) is 19.5 Å². The summed E-state index contributed by atoms with van der Waals surface area (Å²) in [5, 5.41) is 3.35. The van der Waals surface area contributed by atoms with Gasteiger partial charge in [0, 0.05) is 50.5 Å². The van der Waals surface area contributed by atoms with E-state index in [0.29, 0.717) is 11.8 Å². The average molecular weight is 300 g/mol. The number of aromatic nitrogens is 4. The normalized spacial score (nSPS) is 18.3. The number of aryl methyl sites for hydroxylation is 2. The van der Waals surface area contributed by atoms with Crippen LogP contribution in [-0.2, 0) is 7.05 Å². The lowest BCUT2D eigenvalue weighted by atomic mass is 10.1. The molecule has 0 bridgehead atoms. The molecule has 1 fully saturated rings. The zero-order valence-corrected chi connectivity index (χ0v) is 12.9. The van der Waals surface area contributed by atoms with Gasteiger partial charge in [0.2, 0.25) is 5.95 Å².